The minimum atomic E-state index is -0.845. The summed E-state index contributed by atoms with van der Waals surface area (Å²) >= 11 is 0. The highest BCUT2D eigenvalue weighted by Crippen LogP contribution is 2.28. The van der Waals surface area contributed by atoms with Crippen LogP contribution in [0.2, 0.25) is 0 Å². The summed E-state index contributed by atoms with van der Waals surface area (Å²) < 4.78 is 0. The summed E-state index contributed by atoms with van der Waals surface area (Å²) in [7, 11) is 1.60. The minimum Gasteiger partial charge on any atom is -0.481 e. The number of nitro benzene ring substituents is 1. The molecule has 1 aliphatic rings. The summed E-state index contributed by atoms with van der Waals surface area (Å²) in [5.41, 5.74) is 0.298. The summed E-state index contributed by atoms with van der Waals surface area (Å²) in [5.74, 6) is -1.52. The first-order chi connectivity index (χ1) is 10.4. The number of aliphatic carboxylic acids is 1. The van der Waals surface area contributed by atoms with Crippen LogP contribution in [0.5, 0.6) is 0 Å². The lowest BCUT2D eigenvalue weighted by Gasteiger charge is -2.33. The molecule has 0 bridgehead atoms. The zero-order valence-corrected chi connectivity index (χ0v) is 12.1. The quantitative estimate of drug-likeness (QED) is 0.599. The second-order valence-corrected chi connectivity index (χ2v) is 5.37. The molecule has 2 N–H and O–H groups in total. The number of hydrogen-bond donors (Lipinski definition) is 2. The number of hydrogen-bond acceptors (Lipinski definition) is 5. The van der Waals surface area contributed by atoms with Gasteiger partial charge in [-0.05, 0) is 18.9 Å². The van der Waals surface area contributed by atoms with Crippen molar-refractivity contribution in [3.05, 3.63) is 34.4 Å². The van der Waals surface area contributed by atoms with Crippen LogP contribution in [0.15, 0.2) is 24.3 Å². The SMILES string of the molecule is CN(CC(=O)NC1CC(C(=O)O)C1)c1ccccc1[N+](=O)[O-]. The van der Waals surface area contributed by atoms with E-state index in [0.717, 1.165) is 0 Å². The lowest BCUT2D eigenvalue weighted by molar-refractivity contribution is -0.384. The number of rotatable bonds is 6. The summed E-state index contributed by atoms with van der Waals surface area (Å²) in [6.07, 6.45) is 0.854. The maximum atomic E-state index is 11.9. The van der Waals surface area contributed by atoms with Crippen LogP contribution in [0.4, 0.5) is 11.4 Å². The van der Waals surface area contributed by atoms with Crippen molar-refractivity contribution >= 4 is 23.3 Å². The van der Waals surface area contributed by atoms with E-state index in [9.17, 15) is 19.7 Å². The van der Waals surface area contributed by atoms with Gasteiger partial charge in [0.1, 0.15) is 5.69 Å². The first-order valence-electron chi connectivity index (χ1n) is 6.85. The topological polar surface area (TPSA) is 113 Å². The Kier molecular flexibility index (Phi) is 4.59. The Hall–Kier alpha value is -2.64. The maximum Gasteiger partial charge on any atom is 0.306 e. The number of carboxylic acid groups (broad SMARTS) is 1. The predicted octanol–water partition coefficient (Wildman–Crippen LogP) is 1.01. The first-order valence-corrected chi connectivity index (χ1v) is 6.85. The van der Waals surface area contributed by atoms with Crippen molar-refractivity contribution in [2.45, 2.75) is 18.9 Å². The molecule has 0 spiro atoms. The van der Waals surface area contributed by atoms with Crippen molar-refractivity contribution in [2.75, 3.05) is 18.5 Å². The average Bonchev–Trinajstić information content (AvgIpc) is 2.41. The van der Waals surface area contributed by atoms with Crippen LogP contribution >= 0.6 is 0 Å². The number of carboxylic acids is 1. The second kappa shape index (κ2) is 6.42. The molecule has 1 aromatic carbocycles. The minimum absolute atomic E-state index is 0.0287. The van der Waals surface area contributed by atoms with Gasteiger partial charge in [-0.3, -0.25) is 19.7 Å². The van der Waals surface area contributed by atoms with Gasteiger partial charge in [0.05, 0.1) is 17.4 Å². The lowest BCUT2D eigenvalue weighted by Crippen LogP contribution is -2.49. The Morgan fingerprint density at radius 1 is 1.41 bits per heavy atom. The highest BCUT2D eigenvalue weighted by molar-refractivity contribution is 5.83. The van der Waals surface area contributed by atoms with Crippen molar-refractivity contribution in [1.82, 2.24) is 5.32 Å². The van der Waals surface area contributed by atoms with Crippen molar-refractivity contribution in [3.63, 3.8) is 0 Å². The van der Waals surface area contributed by atoms with Crippen molar-refractivity contribution < 1.29 is 19.6 Å². The van der Waals surface area contributed by atoms with E-state index in [4.69, 9.17) is 5.11 Å². The third kappa shape index (κ3) is 3.51. The first kappa shape index (κ1) is 15.7. The summed E-state index contributed by atoms with van der Waals surface area (Å²) in [4.78, 5) is 34.6. The molecule has 8 heteroatoms. The number of para-hydroxylation sites is 2. The Labute approximate surface area is 126 Å². The van der Waals surface area contributed by atoms with Crippen LogP contribution < -0.4 is 10.2 Å². The van der Waals surface area contributed by atoms with Gasteiger partial charge < -0.3 is 15.3 Å². The molecule has 1 fully saturated rings. The van der Waals surface area contributed by atoms with Gasteiger partial charge in [0.25, 0.3) is 5.69 Å². The predicted molar refractivity (Wildman–Crippen MR) is 78.7 cm³/mol. The van der Waals surface area contributed by atoms with E-state index in [2.05, 4.69) is 5.32 Å². The molecule has 0 radical (unpaired) electrons. The molecule has 0 aromatic heterocycles. The molecule has 1 aliphatic carbocycles. The molecule has 118 valence electrons. The van der Waals surface area contributed by atoms with Crippen LogP contribution in [-0.4, -0.2) is 41.5 Å². The van der Waals surface area contributed by atoms with Crippen molar-refractivity contribution in [1.29, 1.82) is 0 Å². The smallest absolute Gasteiger partial charge is 0.306 e. The van der Waals surface area contributed by atoms with E-state index in [1.807, 2.05) is 0 Å². The molecule has 2 rings (SSSR count). The fourth-order valence-corrected chi connectivity index (χ4v) is 2.45. The number of nitro groups is 1. The molecule has 1 aromatic rings. The second-order valence-electron chi connectivity index (χ2n) is 5.37. The summed E-state index contributed by atoms with van der Waals surface area (Å²) in [6, 6.07) is 6.06. The molecule has 8 nitrogen and oxygen atoms in total. The zero-order chi connectivity index (χ0) is 16.3. The van der Waals surface area contributed by atoms with Crippen LogP contribution in [0, 0.1) is 16.0 Å². The van der Waals surface area contributed by atoms with E-state index in [1.54, 1.807) is 25.2 Å². The molecule has 0 heterocycles. The number of carbonyl (C=O) groups is 2. The molecule has 0 aliphatic heterocycles. The number of nitrogens with one attached hydrogen (secondary N) is 1. The third-order valence-corrected chi connectivity index (χ3v) is 3.72. The highest BCUT2D eigenvalue weighted by atomic mass is 16.6. The molecule has 0 unspecified atom stereocenters. The number of carbonyl (C=O) groups excluding carboxylic acids is 1. The fourth-order valence-electron chi connectivity index (χ4n) is 2.45. The fraction of sp³-hybridized carbons (Fsp3) is 0.429. The normalized spacial score (nSPS) is 19.9. The number of amides is 1. The van der Waals surface area contributed by atoms with Gasteiger partial charge in [0.15, 0.2) is 0 Å². The van der Waals surface area contributed by atoms with Crippen LogP contribution in [0.3, 0.4) is 0 Å². The summed E-state index contributed by atoms with van der Waals surface area (Å²) in [6.45, 7) is -0.0287. The van der Waals surface area contributed by atoms with Crippen LogP contribution in [0.25, 0.3) is 0 Å². The Morgan fingerprint density at radius 2 is 2.05 bits per heavy atom. The molecular weight excluding hydrogens is 290 g/mol. The molecule has 1 saturated carbocycles. The van der Waals surface area contributed by atoms with Crippen LogP contribution in [0.1, 0.15) is 12.8 Å². The molecule has 0 atom stereocenters. The average molecular weight is 307 g/mol. The Bertz CT molecular complexity index is 598. The third-order valence-electron chi connectivity index (χ3n) is 3.72. The molecular formula is C14H17N3O5. The zero-order valence-electron chi connectivity index (χ0n) is 12.1. The Morgan fingerprint density at radius 3 is 2.64 bits per heavy atom. The van der Waals surface area contributed by atoms with Gasteiger partial charge in [-0.2, -0.15) is 0 Å². The number of nitrogens with zero attached hydrogens (tertiary/aromatic N) is 2. The van der Waals surface area contributed by atoms with Gasteiger partial charge >= 0.3 is 5.97 Å². The van der Waals surface area contributed by atoms with Gasteiger partial charge in [-0.1, -0.05) is 12.1 Å². The van der Waals surface area contributed by atoms with Crippen molar-refractivity contribution in [3.8, 4) is 0 Å². The van der Waals surface area contributed by atoms with Gasteiger partial charge in [0, 0.05) is 19.2 Å². The van der Waals surface area contributed by atoms with E-state index in [1.165, 1.54) is 11.0 Å². The number of benzene rings is 1. The van der Waals surface area contributed by atoms with E-state index < -0.39 is 16.8 Å². The highest BCUT2D eigenvalue weighted by Gasteiger charge is 2.35. The van der Waals surface area contributed by atoms with Crippen LogP contribution in [-0.2, 0) is 9.59 Å². The lowest BCUT2D eigenvalue weighted by atomic mass is 9.80. The number of likely N-dealkylation sites (N-methyl/N-ethyl adjacent to an activating group) is 1. The Balaban J connectivity index is 1.90. The van der Waals surface area contributed by atoms with Gasteiger partial charge in [0.2, 0.25) is 5.91 Å². The van der Waals surface area contributed by atoms with E-state index in [-0.39, 0.29) is 24.2 Å². The molecule has 0 saturated heterocycles. The monoisotopic (exact) mass is 307 g/mol. The van der Waals surface area contributed by atoms with E-state index >= 15 is 0 Å². The molecule has 22 heavy (non-hydrogen) atoms. The standard InChI is InChI=1S/C14H17N3O5/c1-16(11-4-2-3-5-12(11)17(21)22)8-13(18)15-10-6-9(7-10)14(19)20/h2-5,9-10H,6-8H2,1H3,(H,15,18)(H,19,20). The number of anilines is 1. The summed E-state index contributed by atoms with van der Waals surface area (Å²) in [5, 5.41) is 22.5. The van der Waals surface area contributed by atoms with Gasteiger partial charge in [-0.15, -0.1) is 0 Å². The van der Waals surface area contributed by atoms with Crippen molar-refractivity contribution in [2.24, 2.45) is 5.92 Å². The molecule has 1 amide bonds. The van der Waals surface area contributed by atoms with E-state index in [0.29, 0.717) is 18.5 Å². The van der Waals surface area contributed by atoms with Gasteiger partial charge in [-0.25, -0.2) is 0 Å². The maximum absolute atomic E-state index is 11.9. The largest absolute Gasteiger partial charge is 0.481 e.